The molecule has 0 aliphatic carbocycles. The number of nitrogens with one attached hydrogen (secondary N) is 1. The quantitative estimate of drug-likeness (QED) is 0.839. The van der Waals surface area contributed by atoms with Crippen LogP contribution in [0, 0.1) is 0 Å². The van der Waals surface area contributed by atoms with Crippen molar-refractivity contribution in [1.29, 1.82) is 0 Å². The molecule has 0 aromatic heterocycles. The second-order valence-corrected chi connectivity index (χ2v) is 4.97. The van der Waals surface area contributed by atoms with E-state index >= 15 is 0 Å². The molecule has 1 saturated heterocycles. The molecule has 1 aromatic rings. The van der Waals surface area contributed by atoms with E-state index in [1.807, 2.05) is 0 Å². The minimum Gasteiger partial charge on any atom is -0.315 e. The molecule has 2 rings (SSSR count). The van der Waals surface area contributed by atoms with E-state index in [1.54, 1.807) is 0 Å². The van der Waals surface area contributed by atoms with Crippen LogP contribution < -0.4 is 5.32 Å². The van der Waals surface area contributed by atoms with Gasteiger partial charge in [-0.2, -0.15) is 0 Å². The largest absolute Gasteiger partial charge is 0.315 e. The summed E-state index contributed by atoms with van der Waals surface area (Å²) in [7, 11) is 2.09. The number of likely N-dealkylation sites (N-methyl/N-ethyl adjacent to an activating group) is 1. The lowest BCUT2D eigenvalue weighted by Crippen LogP contribution is -2.44. The third-order valence-corrected chi connectivity index (χ3v) is 3.92. The molecule has 0 radical (unpaired) electrons. The first-order valence-electron chi connectivity index (χ1n) is 6.80. The Kier molecular flexibility index (Phi) is 4.57. The van der Waals surface area contributed by atoms with E-state index < -0.39 is 0 Å². The maximum Gasteiger partial charge on any atom is 0.0253 e. The van der Waals surface area contributed by atoms with E-state index in [-0.39, 0.29) is 0 Å². The summed E-state index contributed by atoms with van der Waals surface area (Å²) in [6.45, 7) is 4.63. The Morgan fingerprint density at radius 2 is 2.12 bits per heavy atom. The van der Waals surface area contributed by atoms with Gasteiger partial charge in [-0.25, -0.2) is 0 Å². The fourth-order valence-electron chi connectivity index (χ4n) is 2.99. The molecule has 0 bridgehead atoms. The van der Waals surface area contributed by atoms with Gasteiger partial charge in [0.1, 0.15) is 0 Å². The molecule has 94 valence electrons. The van der Waals surface area contributed by atoms with E-state index in [4.69, 9.17) is 0 Å². The SMILES string of the molecule is CCC(NC)C1CCCN1Cc1ccccc1. The van der Waals surface area contributed by atoms with Gasteiger partial charge < -0.3 is 5.32 Å². The number of likely N-dealkylation sites (tertiary alicyclic amines) is 1. The van der Waals surface area contributed by atoms with E-state index in [1.165, 1.54) is 31.4 Å². The Balaban J connectivity index is 2.00. The third kappa shape index (κ3) is 3.08. The Labute approximate surface area is 105 Å². The van der Waals surface area contributed by atoms with Gasteiger partial charge in [0, 0.05) is 18.6 Å². The van der Waals surface area contributed by atoms with E-state index in [0.29, 0.717) is 12.1 Å². The summed E-state index contributed by atoms with van der Waals surface area (Å²) >= 11 is 0. The minimum atomic E-state index is 0.640. The van der Waals surface area contributed by atoms with Crippen molar-refractivity contribution >= 4 is 0 Å². The summed E-state index contributed by atoms with van der Waals surface area (Å²) in [5.41, 5.74) is 1.44. The van der Waals surface area contributed by atoms with Gasteiger partial charge in [-0.05, 0) is 38.4 Å². The van der Waals surface area contributed by atoms with Crippen LogP contribution in [0.5, 0.6) is 0 Å². The van der Waals surface area contributed by atoms with Gasteiger partial charge in [-0.15, -0.1) is 0 Å². The highest BCUT2D eigenvalue weighted by Gasteiger charge is 2.29. The molecule has 2 heteroatoms. The van der Waals surface area contributed by atoms with Crippen molar-refractivity contribution in [3.05, 3.63) is 35.9 Å². The number of benzene rings is 1. The molecular formula is C15H24N2. The minimum absolute atomic E-state index is 0.640. The second kappa shape index (κ2) is 6.18. The summed E-state index contributed by atoms with van der Waals surface area (Å²) in [5, 5.41) is 3.47. The van der Waals surface area contributed by atoms with Crippen LogP contribution in [0.3, 0.4) is 0 Å². The van der Waals surface area contributed by atoms with Crippen LogP contribution in [0.4, 0.5) is 0 Å². The van der Waals surface area contributed by atoms with E-state index in [9.17, 15) is 0 Å². The first-order valence-corrected chi connectivity index (χ1v) is 6.80. The number of hydrogen-bond donors (Lipinski definition) is 1. The zero-order chi connectivity index (χ0) is 12.1. The van der Waals surface area contributed by atoms with Gasteiger partial charge in [-0.3, -0.25) is 4.90 Å². The Morgan fingerprint density at radius 3 is 2.76 bits per heavy atom. The average molecular weight is 232 g/mol. The molecule has 1 aromatic carbocycles. The lowest BCUT2D eigenvalue weighted by Gasteiger charge is -2.31. The van der Waals surface area contributed by atoms with Crippen molar-refractivity contribution in [2.24, 2.45) is 0 Å². The van der Waals surface area contributed by atoms with Gasteiger partial charge >= 0.3 is 0 Å². The van der Waals surface area contributed by atoms with Crippen molar-refractivity contribution in [2.45, 2.75) is 44.8 Å². The smallest absolute Gasteiger partial charge is 0.0253 e. The predicted molar refractivity (Wildman–Crippen MR) is 73.0 cm³/mol. The van der Waals surface area contributed by atoms with Crippen LogP contribution in [0.1, 0.15) is 31.7 Å². The first-order chi connectivity index (χ1) is 8.35. The molecular weight excluding hydrogens is 208 g/mol. The summed E-state index contributed by atoms with van der Waals surface area (Å²) in [6.07, 6.45) is 3.90. The van der Waals surface area contributed by atoms with Crippen molar-refractivity contribution in [3.8, 4) is 0 Å². The van der Waals surface area contributed by atoms with E-state index in [2.05, 4.69) is 54.5 Å². The standard InChI is InChI=1S/C15H24N2/c1-3-14(16-2)15-10-7-11-17(15)12-13-8-5-4-6-9-13/h4-6,8-9,14-16H,3,7,10-12H2,1-2H3. The van der Waals surface area contributed by atoms with Crippen LogP contribution in [0.15, 0.2) is 30.3 Å². The molecule has 1 aliphatic heterocycles. The van der Waals surface area contributed by atoms with Crippen molar-refractivity contribution in [1.82, 2.24) is 10.2 Å². The molecule has 1 fully saturated rings. The molecule has 2 atom stereocenters. The third-order valence-electron chi connectivity index (χ3n) is 3.92. The zero-order valence-electron chi connectivity index (χ0n) is 11.0. The van der Waals surface area contributed by atoms with Crippen LogP contribution >= 0.6 is 0 Å². The molecule has 17 heavy (non-hydrogen) atoms. The number of hydrogen-bond acceptors (Lipinski definition) is 2. The van der Waals surface area contributed by atoms with Gasteiger partial charge in [0.05, 0.1) is 0 Å². The highest BCUT2D eigenvalue weighted by atomic mass is 15.2. The molecule has 2 nitrogen and oxygen atoms in total. The van der Waals surface area contributed by atoms with Crippen LogP contribution in [-0.2, 0) is 6.54 Å². The van der Waals surface area contributed by atoms with Gasteiger partial charge in [0.15, 0.2) is 0 Å². The number of nitrogens with zero attached hydrogens (tertiary/aromatic N) is 1. The summed E-state index contributed by atoms with van der Waals surface area (Å²) in [4.78, 5) is 2.64. The summed E-state index contributed by atoms with van der Waals surface area (Å²) in [6, 6.07) is 12.2. The Morgan fingerprint density at radius 1 is 1.35 bits per heavy atom. The first kappa shape index (κ1) is 12.6. The monoisotopic (exact) mass is 232 g/mol. The Hall–Kier alpha value is -0.860. The van der Waals surface area contributed by atoms with Crippen molar-refractivity contribution in [3.63, 3.8) is 0 Å². The lowest BCUT2D eigenvalue weighted by molar-refractivity contribution is 0.199. The number of rotatable bonds is 5. The highest BCUT2D eigenvalue weighted by Crippen LogP contribution is 2.23. The Bertz CT molecular complexity index is 319. The molecule has 0 spiro atoms. The fourth-order valence-corrected chi connectivity index (χ4v) is 2.99. The normalized spacial score (nSPS) is 22.8. The topological polar surface area (TPSA) is 15.3 Å². The molecule has 0 amide bonds. The second-order valence-electron chi connectivity index (χ2n) is 4.97. The summed E-state index contributed by atoms with van der Waals surface area (Å²) < 4.78 is 0. The maximum atomic E-state index is 3.47. The van der Waals surface area contributed by atoms with Crippen molar-refractivity contribution < 1.29 is 0 Å². The summed E-state index contributed by atoms with van der Waals surface area (Å²) in [5.74, 6) is 0. The molecule has 0 saturated carbocycles. The molecule has 1 aliphatic rings. The zero-order valence-corrected chi connectivity index (χ0v) is 11.0. The molecule has 1 N–H and O–H groups in total. The van der Waals surface area contributed by atoms with Crippen molar-refractivity contribution in [2.75, 3.05) is 13.6 Å². The van der Waals surface area contributed by atoms with Crippen LogP contribution in [-0.4, -0.2) is 30.6 Å². The van der Waals surface area contributed by atoms with Gasteiger partial charge in [0.2, 0.25) is 0 Å². The van der Waals surface area contributed by atoms with Crippen LogP contribution in [0.2, 0.25) is 0 Å². The van der Waals surface area contributed by atoms with E-state index in [0.717, 1.165) is 6.54 Å². The molecule has 1 heterocycles. The fraction of sp³-hybridized carbons (Fsp3) is 0.600. The van der Waals surface area contributed by atoms with Gasteiger partial charge in [-0.1, -0.05) is 37.3 Å². The highest BCUT2D eigenvalue weighted by molar-refractivity contribution is 5.15. The maximum absolute atomic E-state index is 3.47. The van der Waals surface area contributed by atoms with Gasteiger partial charge in [0.25, 0.3) is 0 Å². The lowest BCUT2D eigenvalue weighted by atomic mass is 10.0. The average Bonchev–Trinajstić information content (AvgIpc) is 2.81. The molecule has 2 unspecified atom stereocenters. The van der Waals surface area contributed by atoms with Crippen LogP contribution in [0.25, 0.3) is 0 Å². The predicted octanol–water partition coefficient (Wildman–Crippen LogP) is 2.65.